The summed E-state index contributed by atoms with van der Waals surface area (Å²) in [7, 11) is 3.21. The third-order valence-electron chi connectivity index (χ3n) is 3.76. The Labute approximate surface area is 123 Å². The standard InChI is InChI=1S/C17H17NO3/c1-20-16-8-7-11(9-17(16)21-2)14-10-15(19)12-5-3-4-6-13(12)18-14/h3-9,14,18H,10H2,1-2H3/t14-/m1/s1. The molecule has 0 amide bonds. The molecule has 0 radical (unpaired) electrons. The summed E-state index contributed by atoms with van der Waals surface area (Å²) in [4.78, 5) is 12.3. The van der Waals surface area contributed by atoms with E-state index < -0.39 is 0 Å². The molecule has 1 heterocycles. The molecule has 0 saturated heterocycles. The fourth-order valence-corrected chi connectivity index (χ4v) is 2.66. The van der Waals surface area contributed by atoms with Gasteiger partial charge in [-0.1, -0.05) is 18.2 Å². The quantitative estimate of drug-likeness (QED) is 0.937. The molecule has 4 nitrogen and oxygen atoms in total. The number of nitrogens with one attached hydrogen (secondary N) is 1. The number of anilines is 1. The highest BCUT2D eigenvalue weighted by Gasteiger charge is 2.25. The smallest absolute Gasteiger partial charge is 0.167 e. The fourth-order valence-electron chi connectivity index (χ4n) is 2.66. The number of para-hydroxylation sites is 1. The molecule has 0 aliphatic carbocycles. The zero-order valence-electron chi connectivity index (χ0n) is 12.1. The molecule has 2 aromatic carbocycles. The van der Waals surface area contributed by atoms with Crippen LogP contribution < -0.4 is 14.8 Å². The first-order valence-electron chi connectivity index (χ1n) is 6.83. The summed E-state index contributed by atoms with van der Waals surface area (Å²) in [6.07, 6.45) is 0.437. The van der Waals surface area contributed by atoms with E-state index in [9.17, 15) is 4.79 Å². The van der Waals surface area contributed by atoms with Crippen LogP contribution in [-0.2, 0) is 0 Å². The van der Waals surface area contributed by atoms with Crippen LogP contribution in [0.3, 0.4) is 0 Å². The highest BCUT2D eigenvalue weighted by molar-refractivity contribution is 6.03. The van der Waals surface area contributed by atoms with Gasteiger partial charge in [-0.3, -0.25) is 4.79 Å². The molecular weight excluding hydrogens is 266 g/mol. The Morgan fingerprint density at radius 1 is 1.05 bits per heavy atom. The average molecular weight is 283 g/mol. The molecule has 1 N–H and O–H groups in total. The van der Waals surface area contributed by atoms with Crippen LogP contribution in [0.15, 0.2) is 42.5 Å². The van der Waals surface area contributed by atoms with Crippen molar-refractivity contribution in [3.05, 3.63) is 53.6 Å². The van der Waals surface area contributed by atoms with Crippen molar-refractivity contribution in [1.82, 2.24) is 0 Å². The number of rotatable bonds is 3. The second kappa shape index (κ2) is 5.48. The summed E-state index contributed by atoms with van der Waals surface area (Å²) in [5.41, 5.74) is 2.65. The Balaban J connectivity index is 1.94. The van der Waals surface area contributed by atoms with Gasteiger partial charge < -0.3 is 14.8 Å². The van der Waals surface area contributed by atoms with Crippen molar-refractivity contribution >= 4 is 11.5 Å². The summed E-state index contributed by atoms with van der Waals surface area (Å²) < 4.78 is 10.6. The van der Waals surface area contributed by atoms with Crippen molar-refractivity contribution in [3.63, 3.8) is 0 Å². The Kier molecular flexibility index (Phi) is 3.52. The first-order valence-corrected chi connectivity index (χ1v) is 6.83. The molecule has 21 heavy (non-hydrogen) atoms. The highest BCUT2D eigenvalue weighted by atomic mass is 16.5. The summed E-state index contributed by atoms with van der Waals surface area (Å²) in [6.45, 7) is 0. The minimum absolute atomic E-state index is 0.0489. The van der Waals surface area contributed by atoms with Gasteiger partial charge in [-0.15, -0.1) is 0 Å². The van der Waals surface area contributed by atoms with Crippen molar-refractivity contribution < 1.29 is 14.3 Å². The summed E-state index contributed by atoms with van der Waals surface area (Å²) in [5, 5.41) is 3.42. The van der Waals surface area contributed by atoms with Gasteiger partial charge in [0.15, 0.2) is 17.3 Å². The number of fused-ring (bicyclic) bond motifs is 1. The molecule has 1 aliphatic rings. The van der Waals surface area contributed by atoms with Crippen molar-refractivity contribution in [2.75, 3.05) is 19.5 Å². The summed E-state index contributed by atoms with van der Waals surface area (Å²) in [6, 6.07) is 13.3. The minimum Gasteiger partial charge on any atom is -0.493 e. The van der Waals surface area contributed by atoms with Crippen molar-refractivity contribution in [3.8, 4) is 11.5 Å². The van der Waals surface area contributed by atoms with E-state index in [2.05, 4.69) is 5.32 Å². The van der Waals surface area contributed by atoms with E-state index in [-0.39, 0.29) is 11.8 Å². The predicted molar refractivity (Wildman–Crippen MR) is 81.3 cm³/mol. The Hall–Kier alpha value is -2.49. The number of methoxy groups -OCH3 is 2. The number of Topliss-reactive ketones (excluding diaryl/α,β-unsaturated/α-hetero) is 1. The zero-order valence-corrected chi connectivity index (χ0v) is 12.1. The lowest BCUT2D eigenvalue weighted by atomic mass is 9.92. The molecule has 0 spiro atoms. The molecule has 0 fully saturated rings. The number of benzene rings is 2. The van der Waals surface area contributed by atoms with E-state index >= 15 is 0 Å². The van der Waals surface area contributed by atoms with Gasteiger partial charge in [0.2, 0.25) is 0 Å². The molecule has 0 aromatic heterocycles. The molecule has 1 aliphatic heterocycles. The SMILES string of the molecule is COc1ccc([C@H]2CC(=O)c3ccccc3N2)cc1OC. The molecule has 2 aromatic rings. The zero-order chi connectivity index (χ0) is 14.8. The van der Waals surface area contributed by atoms with Crippen molar-refractivity contribution in [2.24, 2.45) is 0 Å². The van der Waals surface area contributed by atoms with Crippen LogP contribution in [-0.4, -0.2) is 20.0 Å². The number of ether oxygens (including phenoxy) is 2. The maximum Gasteiger partial charge on any atom is 0.167 e. The third-order valence-corrected chi connectivity index (χ3v) is 3.76. The van der Waals surface area contributed by atoms with Gasteiger partial charge in [0, 0.05) is 17.7 Å². The van der Waals surface area contributed by atoms with Gasteiger partial charge in [0.05, 0.1) is 20.3 Å². The van der Waals surface area contributed by atoms with Crippen LogP contribution in [0.1, 0.15) is 28.4 Å². The van der Waals surface area contributed by atoms with E-state index in [1.807, 2.05) is 42.5 Å². The van der Waals surface area contributed by atoms with Gasteiger partial charge in [-0.25, -0.2) is 0 Å². The molecule has 0 bridgehead atoms. The van der Waals surface area contributed by atoms with Crippen LogP contribution in [0.2, 0.25) is 0 Å². The van der Waals surface area contributed by atoms with E-state index in [1.54, 1.807) is 14.2 Å². The summed E-state index contributed by atoms with van der Waals surface area (Å²) >= 11 is 0. The predicted octanol–water partition coefficient (Wildman–Crippen LogP) is 3.44. The topological polar surface area (TPSA) is 47.6 Å². The largest absolute Gasteiger partial charge is 0.493 e. The first-order chi connectivity index (χ1) is 10.2. The number of hydrogen-bond acceptors (Lipinski definition) is 4. The van der Waals surface area contributed by atoms with Gasteiger partial charge in [0.25, 0.3) is 0 Å². The minimum atomic E-state index is -0.0489. The Morgan fingerprint density at radius 3 is 2.57 bits per heavy atom. The molecule has 0 saturated carbocycles. The van der Waals surface area contributed by atoms with Crippen molar-refractivity contribution in [1.29, 1.82) is 0 Å². The molecule has 0 unspecified atom stereocenters. The van der Waals surface area contributed by atoms with E-state index in [0.29, 0.717) is 17.9 Å². The monoisotopic (exact) mass is 283 g/mol. The Bertz CT molecular complexity index is 681. The van der Waals surface area contributed by atoms with Crippen LogP contribution in [0.25, 0.3) is 0 Å². The van der Waals surface area contributed by atoms with Crippen molar-refractivity contribution in [2.45, 2.75) is 12.5 Å². The normalized spacial score (nSPS) is 16.9. The van der Waals surface area contributed by atoms with Gasteiger partial charge in [0.1, 0.15) is 0 Å². The van der Waals surface area contributed by atoms with E-state index in [1.165, 1.54) is 0 Å². The van der Waals surface area contributed by atoms with Crippen LogP contribution in [0.5, 0.6) is 11.5 Å². The number of ketones is 1. The summed E-state index contributed by atoms with van der Waals surface area (Å²) in [5.74, 6) is 1.51. The van der Waals surface area contributed by atoms with Gasteiger partial charge >= 0.3 is 0 Å². The molecule has 4 heteroatoms. The average Bonchev–Trinajstić information content (AvgIpc) is 2.54. The fraction of sp³-hybridized carbons (Fsp3) is 0.235. The maximum atomic E-state index is 12.3. The molecule has 3 rings (SSSR count). The second-order valence-electron chi connectivity index (χ2n) is 4.98. The van der Waals surface area contributed by atoms with Crippen LogP contribution >= 0.6 is 0 Å². The lowest BCUT2D eigenvalue weighted by Crippen LogP contribution is -2.22. The van der Waals surface area contributed by atoms with E-state index in [0.717, 1.165) is 16.8 Å². The number of carbonyl (C=O) groups excluding carboxylic acids is 1. The van der Waals surface area contributed by atoms with Crippen LogP contribution in [0, 0.1) is 0 Å². The highest BCUT2D eigenvalue weighted by Crippen LogP contribution is 2.36. The molecule has 108 valence electrons. The van der Waals surface area contributed by atoms with Gasteiger partial charge in [-0.05, 0) is 29.8 Å². The van der Waals surface area contributed by atoms with E-state index in [4.69, 9.17) is 9.47 Å². The lowest BCUT2D eigenvalue weighted by Gasteiger charge is -2.26. The molecular formula is C17H17NO3. The number of hydrogen-bond donors (Lipinski definition) is 1. The van der Waals surface area contributed by atoms with Gasteiger partial charge in [-0.2, -0.15) is 0 Å². The first kappa shape index (κ1) is 13.5. The number of carbonyl (C=O) groups is 1. The second-order valence-corrected chi connectivity index (χ2v) is 4.98. The maximum absolute atomic E-state index is 12.3. The lowest BCUT2D eigenvalue weighted by molar-refractivity contribution is 0.0972. The molecule has 1 atom stereocenters. The van der Waals surface area contributed by atoms with Crippen LogP contribution in [0.4, 0.5) is 5.69 Å². The Morgan fingerprint density at radius 2 is 1.81 bits per heavy atom. The third kappa shape index (κ3) is 2.44.